The van der Waals surface area contributed by atoms with Gasteiger partial charge in [-0.05, 0) is 37.3 Å². The summed E-state index contributed by atoms with van der Waals surface area (Å²) in [7, 11) is 0. The molecule has 0 aliphatic carbocycles. The number of rotatable bonds is 7. The maximum Gasteiger partial charge on any atom is 0.225 e. The third-order valence-corrected chi connectivity index (χ3v) is 7.14. The quantitative estimate of drug-likeness (QED) is 0.730. The second kappa shape index (κ2) is 10.2. The Labute approximate surface area is 183 Å². The van der Waals surface area contributed by atoms with Gasteiger partial charge in [-0.25, -0.2) is 9.97 Å². The van der Waals surface area contributed by atoms with Crippen LogP contribution in [-0.2, 0) is 11.2 Å². The number of anilines is 2. The first kappa shape index (κ1) is 21.1. The van der Waals surface area contributed by atoms with Crippen molar-refractivity contribution < 1.29 is 4.79 Å². The van der Waals surface area contributed by atoms with E-state index in [-0.39, 0.29) is 11.8 Å². The lowest BCUT2D eigenvalue weighted by Gasteiger charge is -2.35. The number of carbonyl (C=O) groups excluding carboxylic acids is 1. The molecule has 0 spiro atoms. The molecule has 2 aliphatic rings. The van der Waals surface area contributed by atoms with Gasteiger partial charge in [-0.2, -0.15) is 0 Å². The third kappa shape index (κ3) is 5.29. The topological polar surface area (TPSA) is 64.6 Å². The number of aromatic nitrogens is 2. The number of amides is 1. The number of piperazine rings is 1. The number of hydrogen-bond acceptors (Lipinski definition) is 7. The molecule has 0 aromatic carbocycles. The van der Waals surface area contributed by atoms with E-state index in [9.17, 15) is 4.79 Å². The van der Waals surface area contributed by atoms with E-state index in [1.54, 1.807) is 11.3 Å². The van der Waals surface area contributed by atoms with E-state index in [0.717, 1.165) is 83.3 Å². The fourth-order valence-electron chi connectivity index (χ4n) is 4.21. The van der Waals surface area contributed by atoms with Crippen molar-refractivity contribution in [2.45, 2.75) is 26.2 Å². The first-order valence-corrected chi connectivity index (χ1v) is 12.0. The zero-order valence-corrected chi connectivity index (χ0v) is 18.6. The predicted molar refractivity (Wildman–Crippen MR) is 122 cm³/mol. The van der Waals surface area contributed by atoms with E-state index in [4.69, 9.17) is 0 Å². The van der Waals surface area contributed by atoms with Crippen molar-refractivity contribution in [2.75, 3.05) is 62.2 Å². The van der Waals surface area contributed by atoms with Crippen molar-refractivity contribution >= 4 is 28.9 Å². The van der Waals surface area contributed by atoms with E-state index in [0.29, 0.717) is 0 Å². The number of nitrogens with zero attached hydrogens (tertiary/aromatic N) is 5. The van der Waals surface area contributed by atoms with Crippen LogP contribution in [0.4, 0.5) is 11.6 Å². The van der Waals surface area contributed by atoms with Crippen molar-refractivity contribution in [1.29, 1.82) is 0 Å². The standard InChI is InChI=1S/C22H32N6OS/c1-2-26-11-13-28(14-12-26)22-24-16-19(17-25-22)27-9-6-18(7-10-27)21(29)23-8-5-20-4-3-15-30-20/h3-4,15-18H,2,5-14H2,1H3,(H,23,29). The first-order chi connectivity index (χ1) is 14.7. The molecular formula is C22H32N6OS. The van der Waals surface area contributed by atoms with Crippen LogP contribution in [0, 0.1) is 5.92 Å². The van der Waals surface area contributed by atoms with Crippen LogP contribution in [0.25, 0.3) is 0 Å². The second-order valence-electron chi connectivity index (χ2n) is 8.04. The molecule has 7 nitrogen and oxygen atoms in total. The Balaban J connectivity index is 1.21. The van der Waals surface area contributed by atoms with Gasteiger partial charge in [0, 0.05) is 56.6 Å². The van der Waals surface area contributed by atoms with Crippen LogP contribution in [0.3, 0.4) is 0 Å². The summed E-state index contributed by atoms with van der Waals surface area (Å²) in [5, 5.41) is 5.19. The lowest BCUT2D eigenvalue weighted by atomic mass is 9.95. The third-order valence-electron chi connectivity index (χ3n) is 6.21. The number of likely N-dealkylation sites (N-methyl/N-ethyl adjacent to an activating group) is 1. The number of carbonyl (C=O) groups is 1. The number of thiophene rings is 1. The summed E-state index contributed by atoms with van der Waals surface area (Å²) in [6.45, 7) is 9.91. The molecule has 4 heterocycles. The molecule has 162 valence electrons. The Kier molecular flexibility index (Phi) is 7.17. The lowest BCUT2D eigenvalue weighted by molar-refractivity contribution is -0.125. The van der Waals surface area contributed by atoms with Gasteiger partial charge in [0.05, 0.1) is 18.1 Å². The number of piperidine rings is 1. The summed E-state index contributed by atoms with van der Waals surface area (Å²) in [6.07, 6.45) is 6.56. The van der Waals surface area contributed by atoms with Crippen LogP contribution < -0.4 is 15.1 Å². The maximum absolute atomic E-state index is 12.5. The van der Waals surface area contributed by atoms with E-state index in [2.05, 4.69) is 54.4 Å². The van der Waals surface area contributed by atoms with Crippen LogP contribution >= 0.6 is 11.3 Å². The Bertz CT molecular complexity index is 780. The lowest BCUT2D eigenvalue weighted by Crippen LogP contribution is -2.46. The molecular weight excluding hydrogens is 396 g/mol. The summed E-state index contributed by atoms with van der Waals surface area (Å²) in [6, 6.07) is 4.17. The van der Waals surface area contributed by atoms with Gasteiger partial charge in [-0.1, -0.05) is 13.0 Å². The van der Waals surface area contributed by atoms with Crippen molar-refractivity contribution in [1.82, 2.24) is 20.2 Å². The largest absolute Gasteiger partial charge is 0.369 e. The van der Waals surface area contributed by atoms with Gasteiger partial charge in [0.1, 0.15) is 0 Å². The summed E-state index contributed by atoms with van der Waals surface area (Å²) in [5.41, 5.74) is 1.06. The highest BCUT2D eigenvalue weighted by molar-refractivity contribution is 7.09. The molecule has 8 heteroatoms. The number of nitrogens with one attached hydrogen (secondary N) is 1. The van der Waals surface area contributed by atoms with E-state index < -0.39 is 0 Å². The fourth-order valence-corrected chi connectivity index (χ4v) is 4.92. The van der Waals surface area contributed by atoms with Gasteiger partial charge in [-0.15, -0.1) is 11.3 Å². The Hall–Kier alpha value is -2.19. The molecule has 2 fully saturated rings. The minimum absolute atomic E-state index is 0.111. The molecule has 0 unspecified atom stereocenters. The molecule has 0 atom stereocenters. The normalized spacial score (nSPS) is 18.6. The van der Waals surface area contributed by atoms with Crippen LogP contribution in [0.2, 0.25) is 0 Å². The highest BCUT2D eigenvalue weighted by atomic mass is 32.1. The summed E-state index contributed by atoms with van der Waals surface area (Å²) in [4.78, 5) is 30.1. The minimum atomic E-state index is 0.111. The van der Waals surface area contributed by atoms with Gasteiger partial charge in [0.25, 0.3) is 0 Å². The summed E-state index contributed by atoms with van der Waals surface area (Å²) < 4.78 is 0. The smallest absolute Gasteiger partial charge is 0.225 e. The zero-order chi connectivity index (χ0) is 20.8. The average Bonchev–Trinajstić information content (AvgIpc) is 3.33. The zero-order valence-electron chi connectivity index (χ0n) is 17.8. The van der Waals surface area contributed by atoms with Gasteiger partial charge in [0.15, 0.2) is 0 Å². The van der Waals surface area contributed by atoms with Gasteiger partial charge in [-0.3, -0.25) is 4.79 Å². The van der Waals surface area contributed by atoms with E-state index in [1.807, 2.05) is 12.4 Å². The van der Waals surface area contributed by atoms with Crippen LogP contribution in [-0.4, -0.2) is 73.1 Å². The minimum Gasteiger partial charge on any atom is -0.369 e. The van der Waals surface area contributed by atoms with Crippen LogP contribution in [0.5, 0.6) is 0 Å². The summed E-state index contributed by atoms with van der Waals surface area (Å²) >= 11 is 1.74. The molecule has 2 aromatic heterocycles. The van der Waals surface area contributed by atoms with Crippen molar-refractivity contribution in [3.8, 4) is 0 Å². The molecule has 0 radical (unpaired) electrons. The highest BCUT2D eigenvalue weighted by Gasteiger charge is 2.25. The van der Waals surface area contributed by atoms with Gasteiger partial charge >= 0.3 is 0 Å². The fraction of sp³-hybridized carbons (Fsp3) is 0.591. The highest BCUT2D eigenvalue weighted by Crippen LogP contribution is 2.23. The van der Waals surface area contributed by atoms with Gasteiger partial charge < -0.3 is 20.0 Å². The molecule has 0 saturated carbocycles. The molecule has 1 amide bonds. The number of hydrogen-bond donors (Lipinski definition) is 1. The van der Waals surface area contributed by atoms with Crippen LogP contribution in [0.15, 0.2) is 29.9 Å². The molecule has 2 aromatic rings. The molecule has 0 bridgehead atoms. The monoisotopic (exact) mass is 428 g/mol. The Morgan fingerprint density at radius 2 is 1.83 bits per heavy atom. The predicted octanol–water partition coefficient (Wildman–Crippen LogP) is 2.26. The maximum atomic E-state index is 12.5. The summed E-state index contributed by atoms with van der Waals surface area (Å²) in [5.74, 6) is 1.14. The van der Waals surface area contributed by atoms with Crippen molar-refractivity contribution in [3.63, 3.8) is 0 Å². The molecule has 2 aliphatic heterocycles. The van der Waals surface area contributed by atoms with E-state index in [1.165, 1.54) is 4.88 Å². The second-order valence-corrected chi connectivity index (χ2v) is 9.08. The van der Waals surface area contributed by atoms with Crippen LogP contribution in [0.1, 0.15) is 24.6 Å². The SMILES string of the molecule is CCN1CCN(c2ncc(N3CCC(C(=O)NCCc4cccs4)CC3)cn2)CC1. The van der Waals surface area contributed by atoms with Crippen molar-refractivity contribution in [3.05, 3.63) is 34.8 Å². The molecule has 2 saturated heterocycles. The van der Waals surface area contributed by atoms with E-state index >= 15 is 0 Å². The first-order valence-electron chi connectivity index (χ1n) is 11.1. The van der Waals surface area contributed by atoms with Crippen molar-refractivity contribution in [2.24, 2.45) is 5.92 Å². The molecule has 30 heavy (non-hydrogen) atoms. The van der Waals surface area contributed by atoms with Gasteiger partial charge in [0.2, 0.25) is 11.9 Å². The Morgan fingerprint density at radius 3 is 2.47 bits per heavy atom. The average molecular weight is 429 g/mol. The Morgan fingerprint density at radius 1 is 1.10 bits per heavy atom. The molecule has 1 N–H and O–H groups in total. The molecule has 4 rings (SSSR count).